The molecule has 1 aromatic heterocycles. The molecule has 0 saturated carbocycles. The Kier molecular flexibility index (Phi) is 7.80. The summed E-state index contributed by atoms with van der Waals surface area (Å²) < 4.78 is 17.3. The lowest BCUT2D eigenvalue weighted by molar-refractivity contribution is -0.143. The van der Waals surface area contributed by atoms with E-state index < -0.39 is 5.97 Å². The number of aliphatic hydroxyl groups excluding tert-OH is 1. The minimum absolute atomic E-state index is 0.0131. The molecule has 3 aromatic rings. The van der Waals surface area contributed by atoms with Crippen molar-refractivity contribution in [3.05, 3.63) is 76.5 Å². The van der Waals surface area contributed by atoms with Gasteiger partial charge in [-0.3, -0.25) is 4.79 Å². The van der Waals surface area contributed by atoms with Crippen LogP contribution in [-0.4, -0.2) is 47.0 Å². The number of thioether (sulfide) groups is 1. The molecule has 1 aliphatic heterocycles. The van der Waals surface area contributed by atoms with Gasteiger partial charge in [0.05, 0.1) is 30.9 Å². The van der Waals surface area contributed by atoms with E-state index >= 15 is 0 Å². The number of ether oxygens (including phenoxy) is 3. The summed E-state index contributed by atoms with van der Waals surface area (Å²) in [6.07, 6.45) is 3.60. The molecule has 186 valence electrons. The predicted molar refractivity (Wildman–Crippen MR) is 141 cm³/mol. The highest BCUT2D eigenvalue weighted by molar-refractivity contribution is 8.18. The summed E-state index contributed by atoms with van der Waals surface area (Å²) in [4.78, 5) is 29.9. The minimum atomic E-state index is -0.650. The molecule has 36 heavy (non-hydrogen) atoms. The monoisotopic (exact) mass is 506 g/mol. The molecule has 0 saturated heterocycles. The lowest BCUT2D eigenvalue weighted by Gasteiger charge is -2.04. The molecule has 1 N–H and O–H groups in total. The molecule has 0 radical (unpaired) electrons. The molecule has 4 rings (SSSR count). The van der Waals surface area contributed by atoms with E-state index in [1.165, 1.54) is 11.8 Å². The van der Waals surface area contributed by atoms with Gasteiger partial charge in [-0.15, -0.1) is 0 Å². The number of hydrogen-bond donors (Lipinski definition) is 1. The third-order valence-corrected chi connectivity index (χ3v) is 6.40. The largest absolute Gasteiger partial charge is 0.506 e. The quantitative estimate of drug-likeness (QED) is 0.408. The maximum atomic E-state index is 12.7. The Labute approximate surface area is 212 Å². The smallest absolute Gasteiger partial charge is 0.344 e. The van der Waals surface area contributed by atoms with Gasteiger partial charge in [0.1, 0.15) is 28.7 Å². The van der Waals surface area contributed by atoms with Gasteiger partial charge in [-0.2, -0.15) is 0 Å². The van der Waals surface area contributed by atoms with E-state index in [-0.39, 0.29) is 30.5 Å². The highest BCUT2D eigenvalue weighted by Crippen LogP contribution is 2.41. The van der Waals surface area contributed by atoms with Gasteiger partial charge < -0.3 is 23.9 Å². The van der Waals surface area contributed by atoms with Crippen molar-refractivity contribution in [2.24, 2.45) is 4.99 Å². The summed E-state index contributed by atoms with van der Waals surface area (Å²) in [7, 11) is 1.58. The highest BCUT2D eigenvalue weighted by atomic mass is 32.2. The van der Waals surface area contributed by atoms with Gasteiger partial charge in [0, 0.05) is 22.7 Å². The maximum Gasteiger partial charge on any atom is 0.344 e. The van der Waals surface area contributed by atoms with Crippen molar-refractivity contribution in [3.8, 4) is 5.75 Å². The number of benzene rings is 2. The van der Waals surface area contributed by atoms with Gasteiger partial charge in [0.15, 0.2) is 0 Å². The SMILES string of the molecule is CCOC(=O)Cn1cc(/C=C2\SC(=Nc3ccc(OC)cc3)C(C(=O)OCC)=C2O)c2ccccc21. The number of carbonyl (C=O) groups excluding carboxylic acids is 2. The summed E-state index contributed by atoms with van der Waals surface area (Å²) in [6, 6.07) is 14.7. The number of carbonyl (C=O) groups is 2. The molecule has 0 aliphatic carbocycles. The number of methoxy groups -OCH3 is 1. The Bertz CT molecular complexity index is 1390. The van der Waals surface area contributed by atoms with Crippen LogP contribution < -0.4 is 4.74 Å². The molecule has 8 nitrogen and oxygen atoms in total. The fraction of sp³-hybridized carbons (Fsp3) is 0.222. The van der Waals surface area contributed by atoms with Crippen molar-refractivity contribution >= 4 is 51.4 Å². The molecule has 0 amide bonds. The zero-order chi connectivity index (χ0) is 25.7. The number of esters is 2. The normalized spacial score (nSPS) is 15.6. The first-order valence-corrected chi connectivity index (χ1v) is 12.2. The number of aliphatic hydroxyl groups is 1. The lowest BCUT2D eigenvalue weighted by Crippen LogP contribution is -2.12. The Morgan fingerprint density at radius 1 is 1.06 bits per heavy atom. The summed E-state index contributed by atoms with van der Waals surface area (Å²) in [5.74, 6) is -0.508. The van der Waals surface area contributed by atoms with Crippen molar-refractivity contribution in [2.75, 3.05) is 20.3 Å². The van der Waals surface area contributed by atoms with Crippen LogP contribution in [0.3, 0.4) is 0 Å². The molecule has 1 aliphatic rings. The summed E-state index contributed by atoms with van der Waals surface area (Å²) >= 11 is 1.17. The molecular weight excluding hydrogens is 480 g/mol. The molecule has 0 fully saturated rings. The fourth-order valence-electron chi connectivity index (χ4n) is 3.77. The van der Waals surface area contributed by atoms with Gasteiger partial charge in [0.2, 0.25) is 0 Å². The Morgan fingerprint density at radius 2 is 1.78 bits per heavy atom. The van der Waals surface area contributed by atoms with E-state index in [4.69, 9.17) is 14.2 Å². The minimum Gasteiger partial charge on any atom is -0.506 e. The first-order chi connectivity index (χ1) is 17.4. The zero-order valence-corrected chi connectivity index (χ0v) is 21.0. The summed E-state index contributed by atoms with van der Waals surface area (Å²) in [5, 5.41) is 12.3. The third-order valence-electron chi connectivity index (χ3n) is 5.38. The second kappa shape index (κ2) is 11.2. The van der Waals surface area contributed by atoms with Crippen LogP contribution in [0.25, 0.3) is 17.0 Å². The van der Waals surface area contributed by atoms with Crippen molar-refractivity contribution in [3.63, 3.8) is 0 Å². The van der Waals surface area contributed by atoms with Crippen molar-refractivity contribution < 1.29 is 28.9 Å². The molecule has 0 atom stereocenters. The van der Waals surface area contributed by atoms with Crippen LogP contribution in [0.4, 0.5) is 5.69 Å². The van der Waals surface area contributed by atoms with E-state index in [2.05, 4.69) is 4.99 Å². The van der Waals surface area contributed by atoms with Crippen molar-refractivity contribution in [1.29, 1.82) is 0 Å². The number of hydrogen-bond acceptors (Lipinski definition) is 8. The van der Waals surface area contributed by atoms with Gasteiger partial charge in [-0.1, -0.05) is 30.0 Å². The Hall–Kier alpha value is -3.98. The Balaban J connectivity index is 1.76. The molecular formula is C27H26N2O6S. The van der Waals surface area contributed by atoms with Crippen LogP contribution in [0.2, 0.25) is 0 Å². The van der Waals surface area contributed by atoms with E-state index in [1.807, 2.05) is 30.5 Å². The number of aliphatic imine (C=N–C) groups is 1. The van der Waals surface area contributed by atoms with E-state index in [1.54, 1.807) is 55.9 Å². The van der Waals surface area contributed by atoms with Gasteiger partial charge >= 0.3 is 11.9 Å². The number of fused-ring (bicyclic) bond motifs is 1. The van der Waals surface area contributed by atoms with Gasteiger partial charge in [-0.25, -0.2) is 9.79 Å². The highest BCUT2D eigenvalue weighted by Gasteiger charge is 2.33. The van der Waals surface area contributed by atoms with Crippen molar-refractivity contribution in [1.82, 2.24) is 4.57 Å². The third kappa shape index (κ3) is 5.31. The average molecular weight is 507 g/mol. The number of aromatic nitrogens is 1. The molecule has 0 bridgehead atoms. The second-order valence-corrected chi connectivity index (χ2v) is 8.73. The van der Waals surface area contributed by atoms with E-state index in [9.17, 15) is 14.7 Å². The van der Waals surface area contributed by atoms with Crippen LogP contribution in [0.5, 0.6) is 5.75 Å². The van der Waals surface area contributed by atoms with Crippen LogP contribution in [0, 0.1) is 0 Å². The first-order valence-electron chi connectivity index (χ1n) is 11.4. The van der Waals surface area contributed by atoms with Crippen LogP contribution >= 0.6 is 11.8 Å². The molecule has 2 aromatic carbocycles. The Morgan fingerprint density at radius 3 is 2.47 bits per heavy atom. The molecule has 9 heteroatoms. The van der Waals surface area contributed by atoms with Gasteiger partial charge in [0.25, 0.3) is 0 Å². The maximum absolute atomic E-state index is 12.7. The lowest BCUT2D eigenvalue weighted by atomic mass is 10.1. The van der Waals surface area contributed by atoms with Crippen LogP contribution in [-0.2, 0) is 25.6 Å². The second-order valence-electron chi connectivity index (χ2n) is 7.70. The standard InChI is InChI=1S/C27H26N2O6S/c1-4-34-23(30)16-29-15-17(20-8-6-7-9-21(20)29)14-22-25(31)24(27(32)35-5-2)26(36-22)28-18-10-12-19(33-3)13-11-18/h6-15,31H,4-5,16H2,1-3H3/b22-14-,28-26?. The molecule has 2 heterocycles. The topological polar surface area (TPSA) is 99.4 Å². The first kappa shape index (κ1) is 25.1. The summed E-state index contributed by atoms with van der Waals surface area (Å²) in [5.41, 5.74) is 2.24. The number of para-hydroxylation sites is 1. The van der Waals surface area contributed by atoms with E-state index in [0.29, 0.717) is 28.0 Å². The number of nitrogens with zero attached hydrogens (tertiary/aromatic N) is 2. The number of rotatable bonds is 8. The fourth-order valence-corrected chi connectivity index (χ4v) is 4.80. The zero-order valence-electron chi connectivity index (χ0n) is 20.2. The van der Waals surface area contributed by atoms with Gasteiger partial charge in [-0.05, 0) is 50.3 Å². The van der Waals surface area contributed by atoms with E-state index in [0.717, 1.165) is 16.5 Å². The van der Waals surface area contributed by atoms with Crippen LogP contribution in [0.1, 0.15) is 19.4 Å². The average Bonchev–Trinajstić information content (AvgIpc) is 3.37. The summed E-state index contributed by atoms with van der Waals surface area (Å²) in [6.45, 7) is 3.99. The molecule has 0 spiro atoms. The van der Waals surface area contributed by atoms with Crippen molar-refractivity contribution in [2.45, 2.75) is 20.4 Å². The van der Waals surface area contributed by atoms with Crippen LogP contribution in [0.15, 0.2) is 76.0 Å². The molecule has 0 unspecified atom stereocenters. The predicted octanol–water partition coefficient (Wildman–Crippen LogP) is 5.41.